The van der Waals surface area contributed by atoms with Gasteiger partial charge in [-0.25, -0.2) is 4.98 Å². The molecule has 1 aliphatic carbocycles. The Labute approximate surface area is 76.4 Å². The third-order valence-corrected chi connectivity index (χ3v) is 2.08. The van der Waals surface area contributed by atoms with Gasteiger partial charge in [-0.1, -0.05) is 6.07 Å². The molecule has 1 fully saturated rings. The van der Waals surface area contributed by atoms with Gasteiger partial charge in [0.05, 0.1) is 0 Å². The van der Waals surface area contributed by atoms with Gasteiger partial charge < -0.3 is 5.73 Å². The highest BCUT2D eigenvalue weighted by atomic mass is 35.5. The van der Waals surface area contributed by atoms with Crippen LogP contribution in [-0.4, -0.2) is 4.98 Å². The van der Waals surface area contributed by atoms with E-state index in [1.54, 1.807) is 12.1 Å². The van der Waals surface area contributed by atoms with Crippen LogP contribution in [0.3, 0.4) is 0 Å². The van der Waals surface area contributed by atoms with E-state index in [0.29, 0.717) is 5.56 Å². The van der Waals surface area contributed by atoms with Crippen LogP contribution in [-0.2, 0) is 5.54 Å². The van der Waals surface area contributed by atoms with Crippen molar-refractivity contribution in [2.45, 2.75) is 18.4 Å². The summed E-state index contributed by atoms with van der Waals surface area (Å²) < 4.78 is 12.9. The summed E-state index contributed by atoms with van der Waals surface area (Å²) in [6.45, 7) is 0. The molecule has 2 nitrogen and oxygen atoms in total. The molecule has 1 saturated carbocycles. The summed E-state index contributed by atoms with van der Waals surface area (Å²) in [4.78, 5) is 3.54. The number of hydrogen-bond donors (Lipinski definition) is 1. The average Bonchev–Trinajstić information content (AvgIpc) is 2.70. The molecular formula is C8H10ClFN2. The number of halogens is 2. The molecule has 0 aromatic carbocycles. The first-order valence-corrected chi connectivity index (χ1v) is 3.62. The van der Waals surface area contributed by atoms with Gasteiger partial charge in [0.15, 0.2) is 0 Å². The molecule has 4 heteroatoms. The zero-order valence-corrected chi connectivity index (χ0v) is 7.27. The number of pyridine rings is 1. The molecule has 0 atom stereocenters. The maximum atomic E-state index is 12.9. The Morgan fingerprint density at radius 1 is 1.50 bits per heavy atom. The Kier molecular flexibility index (Phi) is 2.35. The Morgan fingerprint density at radius 3 is 2.67 bits per heavy atom. The van der Waals surface area contributed by atoms with Gasteiger partial charge in [-0.3, -0.25) is 0 Å². The number of rotatable bonds is 1. The first kappa shape index (κ1) is 9.42. The molecule has 0 bridgehead atoms. The lowest BCUT2D eigenvalue weighted by molar-refractivity contribution is 0.540. The number of nitrogens with two attached hydrogens (primary N) is 1. The topological polar surface area (TPSA) is 38.9 Å². The third-order valence-electron chi connectivity index (χ3n) is 2.08. The van der Waals surface area contributed by atoms with Gasteiger partial charge in [0.1, 0.15) is 0 Å². The lowest BCUT2D eigenvalue weighted by Gasteiger charge is -2.07. The van der Waals surface area contributed by atoms with Crippen LogP contribution >= 0.6 is 12.4 Å². The normalized spacial score (nSPS) is 18.2. The fourth-order valence-corrected chi connectivity index (χ4v) is 1.16. The van der Waals surface area contributed by atoms with Crippen molar-refractivity contribution < 1.29 is 4.39 Å². The minimum Gasteiger partial charge on any atom is -0.321 e. The highest BCUT2D eigenvalue weighted by Crippen LogP contribution is 2.42. The Hall–Kier alpha value is -0.670. The van der Waals surface area contributed by atoms with Crippen molar-refractivity contribution in [2.75, 3.05) is 0 Å². The van der Waals surface area contributed by atoms with Crippen molar-refractivity contribution in [1.82, 2.24) is 4.98 Å². The van der Waals surface area contributed by atoms with E-state index in [4.69, 9.17) is 5.73 Å². The quantitative estimate of drug-likeness (QED) is 0.680. The zero-order valence-electron chi connectivity index (χ0n) is 6.46. The van der Waals surface area contributed by atoms with Crippen LogP contribution in [0.15, 0.2) is 18.3 Å². The molecule has 0 aliphatic heterocycles. The second-order valence-electron chi connectivity index (χ2n) is 3.00. The highest BCUT2D eigenvalue weighted by Gasteiger charge is 2.42. The van der Waals surface area contributed by atoms with Crippen LogP contribution in [0.1, 0.15) is 18.4 Å². The van der Waals surface area contributed by atoms with Crippen molar-refractivity contribution in [3.63, 3.8) is 0 Å². The smallest absolute Gasteiger partial charge is 0.217 e. The molecule has 66 valence electrons. The van der Waals surface area contributed by atoms with E-state index >= 15 is 0 Å². The maximum Gasteiger partial charge on any atom is 0.217 e. The van der Waals surface area contributed by atoms with E-state index in [1.807, 2.05) is 0 Å². The predicted molar refractivity (Wildman–Crippen MR) is 46.5 cm³/mol. The van der Waals surface area contributed by atoms with Gasteiger partial charge in [-0.15, -0.1) is 12.4 Å². The second kappa shape index (κ2) is 2.99. The number of aromatic nitrogens is 1. The molecule has 1 heterocycles. The summed E-state index contributed by atoms with van der Waals surface area (Å²) in [6.07, 6.45) is 3.18. The molecule has 0 saturated heterocycles. The van der Waals surface area contributed by atoms with Gasteiger partial charge in [-0.2, -0.15) is 4.39 Å². The summed E-state index contributed by atoms with van der Waals surface area (Å²) in [5.74, 6) is -0.424. The van der Waals surface area contributed by atoms with Crippen molar-refractivity contribution in [1.29, 1.82) is 0 Å². The van der Waals surface area contributed by atoms with Crippen LogP contribution in [0.25, 0.3) is 0 Å². The third kappa shape index (κ3) is 1.42. The number of hydrogen-bond acceptors (Lipinski definition) is 2. The lowest BCUT2D eigenvalue weighted by atomic mass is 10.1. The van der Waals surface area contributed by atoms with Crippen molar-refractivity contribution in [3.8, 4) is 0 Å². The van der Waals surface area contributed by atoms with Crippen LogP contribution < -0.4 is 5.73 Å². The molecular weight excluding hydrogens is 179 g/mol. The van der Waals surface area contributed by atoms with E-state index in [2.05, 4.69) is 4.98 Å². The fraction of sp³-hybridized carbons (Fsp3) is 0.375. The monoisotopic (exact) mass is 188 g/mol. The standard InChI is InChI=1S/C8H9FN2.ClH/c9-7-6(2-1-5-11-7)8(10)3-4-8;/h1-2,5H,3-4,10H2;1H. The molecule has 1 aromatic rings. The fourth-order valence-electron chi connectivity index (χ4n) is 1.16. The van der Waals surface area contributed by atoms with Crippen LogP contribution in [0.4, 0.5) is 4.39 Å². The SMILES string of the molecule is Cl.NC1(c2cccnc2F)CC1. The first-order valence-electron chi connectivity index (χ1n) is 3.62. The summed E-state index contributed by atoms with van der Waals surface area (Å²) >= 11 is 0. The molecule has 0 amide bonds. The number of nitrogens with zero attached hydrogens (tertiary/aromatic N) is 1. The van der Waals surface area contributed by atoms with E-state index in [-0.39, 0.29) is 12.4 Å². The lowest BCUT2D eigenvalue weighted by Crippen LogP contribution is -2.20. The molecule has 12 heavy (non-hydrogen) atoms. The summed E-state index contributed by atoms with van der Waals surface area (Å²) in [5, 5.41) is 0. The summed E-state index contributed by atoms with van der Waals surface area (Å²) in [6, 6.07) is 3.42. The van der Waals surface area contributed by atoms with Crippen molar-refractivity contribution in [2.24, 2.45) is 5.73 Å². The predicted octanol–water partition coefficient (Wildman–Crippen LogP) is 1.59. The van der Waals surface area contributed by atoms with Gasteiger partial charge in [-0.05, 0) is 18.9 Å². The second-order valence-corrected chi connectivity index (χ2v) is 3.00. The minimum atomic E-state index is -0.424. The Balaban J connectivity index is 0.000000720. The Bertz CT molecular complexity index is 286. The minimum absolute atomic E-state index is 0. The summed E-state index contributed by atoms with van der Waals surface area (Å²) in [5.41, 5.74) is 5.94. The van der Waals surface area contributed by atoms with Crippen LogP contribution in [0, 0.1) is 5.95 Å². The highest BCUT2D eigenvalue weighted by molar-refractivity contribution is 5.85. The van der Waals surface area contributed by atoms with Gasteiger partial charge >= 0.3 is 0 Å². The molecule has 0 unspecified atom stereocenters. The van der Waals surface area contributed by atoms with E-state index < -0.39 is 11.5 Å². The molecule has 2 rings (SSSR count). The van der Waals surface area contributed by atoms with Gasteiger partial charge in [0, 0.05) is 17.3 Å². The van der Waals surface area contributed by atoms with Crippen molar-refractivity contribution >= 4 is 12.4 Å². The van der Waals surface area contributed by atoms with Gasteiger partial charge in [0.2, 0.25) is 5.95 Å². The van der Waals surface area contributed by atoms with E-state index in [0.717, 1.165) is 12.8 Å². The molecule has 0 spiro atoms. The molecule has 1 aromatic heterocycles. The zero-order chi connectivity index (χ0) is 7.90. The Morgan fingerprint density at radius 2 is 2.17 bits per heavy atom. The average molecular weight is 189 g/mol. The van der Waals surface area contributed by atoms with Crippen molar-refractivity contribution in [3.05, 3.63) is 29.8 Å². The van der Waals surface area contributed by atoms with E-state index in [9.17, 15) is 4.39 Å². The molecule has 2 N–H and O–H groups in total. The first-order chi connectivity index (χ1) is 5.22. The molecule has 1 aliphatic rings. The largest absolute Gasteiger partial charge is 0.321 e. The van der Waals surface area contributed by atoms with Crippen LogP contribution in [0.5, 0.6) is 0 Å². The van der Waals surface area contributed by atoms with Gasteiger partial charge in [0.25, 0.3) is 0 Å². The molecule has 0 radical (unpaired) electrons. The maximum absolute atomic E-state index is 12.9. The summed E-state index contributed by atoms with van der Waals surface area (Å²) in [7, 11) is 0. The van der Waals surface area contributed by atoms with Crippen LogP contribution in [0.2, 0.25) is 0 Å². The van der Waals surface area contributed by atoms with E-state index in [1.165, 1.54) is 6.20 Å².